The van der Waals surface area contributed by atoms with Crippen molar-refractivity contribution in [1.82, 2.24) is 5.32 Å². The van der Waals surface area contributed by atoms with Crippen molar-refractivity contribution in [2.45, 2.75) is 18.9 Å². The van der Waals surface area contributed by atoms with E-state index in [4.69, 9.17) is 4.74 Å². The van der Waals surface area contributed by atoms with Gasteiger partial charge < -0.3 is 10.1 Å². The summed E-state index contributed by atoms with van der Waals surface area (Å²) in [4.78, 5) is 21.5. The monoisotopic (exact) mass is 268 g/mol. The highest BCUT2D eigenvalue weighted by Crippen LogP contribution is 2.18. The first kappa shape index (κ1) is 13.4. The second kappa shape index (κ2) is 5.75. The topological polar surface area (TPSA) is 81.5 Å². The maximum absolute atomic E-state index is 13.1. The molecule has 0 radical (unpaired) electrons. The SMILES string of the molecule is O=C(NCC1CCCO1)c1ccc(F)c([N+](=O)[O-])c1. The third-order valence-corrected chi connectivity index (χ3v) is 2.92. The van der Waals surface area contributed by atoms with Crippen molar-refractivity contribution in [3.63, 3.8) is 0 Å². The van der Waals surface area contributed by atoms with E-state index in [1.54, 1.807) is 0 Å². The van der Waals surface area contributed by atoms with Gasteiger partial charge in [-0.3, -0.25) is 14.9 Å². The molecule has 0 spiro atoms. The summed E-state index contributed by atoms with van der Waals surface area (Å²) in [6.45, 7) is 1.03. The first-order valence-corrected chi connectivity index (χ1v) is 5.91. The third kappa shape index (κ3) is 3.25. The van der Waals surface area contributed by atoms with Crippen molar-refractivity contribution in [3.05, 3.63) is 39.7 Å². The van der Waals surface area contributed by atoms with Gasteiger partial charge in [-0.15, -0.1) is 0 Å². The van der Waals surface area contributed by atoms with Gasteiger partial charge in [-0.2, -0.15) is 4.39 Å². The summed E-state index contributed by atoms with van der Waals surface area (Å²) in [7, 11) is 0. The van der Waals surface area contributed by atoms with Gasteiger partial charge in [-0.25, -0.2) is 0 Å². The minimum atomic E-state index is -0.958. The Balaban J connectivity index is 2.02. The number of nitro groups is 1. The molecule has 0 bridgehead atoms. The average molecular weight is 268 g/mol. The first-order valence-electron chi connectivity index (χ1n) is 5.91. The number of halogens is 1. The molecule has 6 nitrogen and oxygen atoms in total. The number of rotatable bonds is 4. The summed E-state index contributed by atoms with van der Waals surface area (Å²) in [6.07, 6.45) is 1.83. The minimum Gasteiger partial charge on any atom is -0.376 e. The molecule has 1 unspecified atom stereocenters. The molecule has 1 amide bonds. The lowest BCUT2D eigenvalue weighted by Gasteiger charge is -2.10. The molecule has 1 aliphatic rings. The standard InChI is InChI=1S/C12H13FN2O4/c13-10-4-3-8(6-11(10)15(17)18)12(16)14-7-9-2-1-5-19-9/h3-4,6,9H,1-2,5,7H2,(H,14,16). The Morgan fingerprint density at radius 3 is 3.00 bits per heavy atom. The zero-order valence-corrected chi connectivity index (χ0v) is 10.1. The third-order valence-electron chi connectivity index (χ3n) is 2.92. The maximum Gasteiger partial charge on any atom is 0.305 e. The maximum atomic E-state index is 13.1. The Morgan fingerprint density at radius 1 is 1.58 bits per heavy atom. The van der Waals surface area contributed by atoms with Crippen LogP contribution in [0, 0.1) is 15.9 Å². The van der Waals surface area contributed by atoms with Gasteiger partial charge in [0.2, 0.25) is 5.82 Å². The molecule has 0 saturated carbocycles. The number of nitrogens with one attached hydrogen (secondary N) is 1. The van der Waals surface area contributed by atoms with E-state index in [0.29, 0.717) is 13.2 Å². The number of nitro benzene ring substituents is 1. The fourth-order valence-electron chi connectivity index (χ4n) is 1.91. The van der Waals surface area contributed by atoms with Gasteiger partial charge in [0.25, 0.3) is 5.91 Å². The molecule has 1 aliphatic heterocycles. The molecule has 7 heteroatoms. The predicted molar refractivity (Wildman–Crippen MR) is 64.4 cm³/mol. The Kier molecular flexibility index (Phi) is 4.06. The largest absolute Gasteiger partial charge is 0.376 e. The average Bonchev–Trinajstić information content (AvgIpc) is 2.89. The van der Waals surface area contributed by atoms with E-state index in [1.807, 2.05) is 0 Å². The number of nitrogens with zero attached hydrogens (tertiary/aromatic N) is 1. The molecule has 1 atom stereocenters. The van der Waals surface area contributed by atoms with E-state index >= 15 is 0 Å². The first-order chi connectivity index (χ1) is 9.08. The molecule has 0 aliphatic carbocycles. The summed E-state index contributed by atoms with van der Waals surface area (Å²) >= 11 is 0. The summed E-state index contributed by atoms with van der Waals surface area (Å²) < 4.78 is 18.5. The van der Waals surface area contributed by atoms with E-state index in [-0.39, 0.29) is 11.7 Å². The van der Waals surface area contributed by atoms with Crippen molar-refractivity contribution in [3.8, 4) is 0 Å². The van der Waals surface area contributed by atoms with Crippen molar-refractivity contribution in [1.29, 1.82) is 0 Å². The van der Waals surface area contributed by atoms with E-state index in [0.717, 1.165) is 25.0 Å². The lowest BCUT2D eigenvalue weighted by Crippen LogP contribution is -2.31. The normalized spacial score (nSPS) is 18.3. The molecule has 2 rings (SSSR count). The highest BCUT2D eigenvalue weighted by atomic mass is 19.1. The Labute approximate surface area is 108 Å². The summed E-state index contributed by atoms with van der Waals surface area (Å²) in [5.74, 6) is -1.43. The Hall–Kier alpha value is -2.02. The van der Waals surface area contributed by atoms with Gasteiger partial charge in [0.1, 0.15) is 0 Å². The van der Waals surface area contributed by atoms with Crippen LogP contribution in [-0.2, 0) is 4.74 Å². The van der Waals surface area contributed by atoms with Crippen LogP contribution in [0.2, 0.25) is 0 Å². The van der Waals surface area contributed by atoms with E-state index in [9.17, 15) is 19.3 Å². The number of hydrogen-bond acceptors (Lipinski definition) is 4. The van der Waals surface area contributed by atoms with Crippen LogP contribution in [0.4, 0.5) is 10.1 Å². The molecule has 1 aromatic rings. The van der Waals surface area contributed by atoms with Gasteiger partial charge in [0, 0.05) is 24.8 Å². The summed E-state index contributed by atoms with van der Waals surface area (Å²) in [5.41, 5.74) is -0.643. The molecule has 19 heavy (non-hydrogen) atoms. The molecule has 1 heterocycles. The minimum absolute atomic E-state index is 0.0145. The van der Waals surface area contributed by atoms with Gasteiger partial charge >= 0.3 is 5.69 Å². The van der Waals surface area contributed by atoms with Crippen LogP contribution in [0.3, 0.4) is 0 Å². The number of hydrogen-bond donors (Lipinski definition) is 1. The molecular weight excluding hydrogens is 255 g/mol. The van der Waals surface area contributed by atoms with Crippen LogP contribution >= 0.6 is 0 Å². The second-order valence-electron chi connectivity index (χ2n) is 4.27. The van der Waals surface area contributed by atoms with Crippen LogP contribution in [0.25, 0.3) is 0 Å². The summed E-state index contributed by atoms with van der Waals surface area (Å²) in [5, 5.41) is 13.2. The van der Waals surface area contributed by atoms with Crippen LogP contribution in [0.1, 0.15) is 23.2 Å². The smallest absolute Gasteiger partial charge is 0.305 e. The fraction of sp³-hybridized carbons (Fsp3) is 0.417. The number of benzene rings is 1. The second-order valence-corrected chi connectivity index (χ2v) is 4.27. The molecule has 102 valence electrons. The van der Waals surface area contributed by atoms with Crippen molar-refractivity contribution in [2.75, 3.05) is 13.2 Å². The highest BCUT2D eigenvalue weighted by Gasteiger charge is 2.19. The molecule has 1 fully saturated rings. The van der Waals surface area contributed by atoms with Crippen LogP contribution < -0.4 is 5.32 Å². The van der Waals surface area contributed by atoms with E-state index in [1.165, 1.54) is 6.07 Å². The molecule has 1 saturated heterocycles. The highest BCUT2D eigenvalue weighted by molar-refractivity contribution is 5.94. The van der Waals surface area contributed by atoms with Gasteiger partial charge in [-0.1, -0.05) is 0 Å². The van der Waals surface area contributed by atoms with E-state index < -0.39 is 22.3 Å². The van der Waals surface area contributed by atoms with Crippen molar-refractivity contribution < 1.29 is 18.8 Å². The number of carbonyl (C=O) groups is 1. The van der Waals surface area contributed by atoms with E-state index in [2.05, 4.69) is 5.32 Å². The van der Waals surface area contributed by atoms with Gasteiger partial charge in [0.15, 0.2) is 0 Å². The van der Waals surface area contributed by atoms with Crippen molar-refractivity contribution in [2.24, 2.45) is 0 Å². The lowest BCUT2D eigenvalue weighted by atomic mass is 10.1. The number of amides is 1. The van der Waals surface area contributed by atoms with Crippen LogP contribution in [0.15, 0.2) is 18.2 Å². The lowest BCUT2D eigenvalue weighted by molar-refractivity contribution is -0.387. The van der Waals surface area contributed by atoms with Crippen LogP contribution in [0.5, 0.6) is 0 Å². The van der Waals surface area contributed by atoms with Crippen molar-refractivity contribution >= 4 is 11.6 Å². The Morgan fingerprint density at radius 2 is 2.37 bits per heavy atom. The summed E-state index contributed by atoms with van der Waals surface area (Å²) in [6, 6.07) is 3.06. The molecule has 1 aromatic carbocycles. The molecule has 1 N–H and O–H groups in total. The number of carbonyl (C=O) groups excluding carboxylic acids is 1. The van der Waals surface area contributed by atoms with Gasteiger partial charge in [-0.05, 0) is 25.0 Å². The van der Waals surface area contributed by atoms with Crippen LogP contribution in [-0.4, -0.2) is 30.1 Å². The number of ether oxygens (including phenoxy) is 1. The predicted octanol–water partition coefficient (Wildman–Crippen LogP) is 1.64. The zero-order chi connectivity index (χ0) is 13.8. The fourth-order valence-corrected chi connectivity index (χ4v) is 1.91. The quantitative estimate of drug-likeness (QED) is 0.665. The molecular formula is C12H13FN2O4. The Bertz CT molecular complexity index is 501. The van der Waals surface area contributed by atoms with Gasteiger partial charge in [0.05, 0.1) is 11.0 Å². The molecule has 0 aromatic heterocycles. The zero-order valence-electron chi connectivity index (χ0n) is 10.1.